The first-order valence-electron chi connectivity index (χ1n) is 4.87. The molecule has 0 rings (SSSR count). The minimum Gasteiger partial charge on any atom is -0.466 e. The Labute approximate surface area is 86.0 Å². The molecule has 0 atom stereocenters. The van der Waals surface area contributed by atoms with Crippen molar-refractivity contribution in [3.63, 3.8) is 0 Å². The summed E-state index contributed by atoms with van der Waals surface area (Å²) in [6.07, 6.45) is 1.14. The molecule has 0 amide bonds. The van der Waals surface area contributed by atoms with Crippen molar-refractivity contribution >= 4 is 5.97 Å². The zero-order valence-electron chi connectivity index (χ0n) is 9.55. The van der Waals surface area contributed by atoms with Crippen molar-refractivity contribution in [2.75, 3.05) is 27.3 Å². The molecule has 0 unspecified atom stereocenters. The molecule has 0 aromatic heterocycles. The molecule has 4 nitrogen and oxygen atoms in total. The van der Waals surface area contributed by atoms with Crippen molar-refractivity contribution < 1.29 is 14.3 Å². The minimum absolute atomic E-state index is 0.161. The highest BCUT2D eigenvalue weighted by atomic mass is 16.5. The lowest BCUT2D eigenvalue weighted by Gasteiger charge is -2.22. The molecule has 0 aromatic rings. The molecule has 0 saturated heterocycles. The van der Waals surface area contributed by atoms with Gasteiger partial charge in [-0.25, -0.2) is 0 Å². The molecular formula is C10H21NO3. The van der Waals surface area contributed by atoms with Crippen LogP contribution >= 0.6 is 0 Å². The average molecular weight is 203 g/mol. The molecule has 0 spiro atoms. The van der Waals surface area contributed by atoms with Gasteiger partial charge in [0.25, 0.3) is 0 Å². The summed E-state index contributed by atoms with van der Waals surface area (Å²) < 4.78 is 10.2. The van der Waals surface area contributed by atoms with Gasteiger partial charge < -0.3 is 14.8 Å². The van der Waals surface area contributed by atoms with E-state index in [0.717, 1.165) is 6.42 Å². The molecular weight excluding hydrogens is 182 g/mol. The Morgan fingerprint density at radius 3 is 2.57 bits per heavy atom. The first kappa shape index (κ1) is 13.4. The summed E-state index contributed by atoms with van der Waals surface area (Å²) >= 11 is 0. The van der Waals surface area contributed by atoms with Crippen LogP contribution < -0.4 is 5.32 Å². The molecule has 0 heterocycles. The van der Waals surface area contributed by atoms with Crippen LogP contribution in [0.5, 0.6) is 0 Å². The number of esters is 1. The van der Waals surface area contributed by atoms with Crippen LogP contribution in [0.15, 0.2) is 0 Å². The Hall–Kier alpha value is -0.610. The summed E-state index contributed by atoms with van der Waals surface area (Å²) in [6, 6.07) is 0. The first-order chi connectivity index (χ1) is 6.52. The molecule has 0 radical (unpaired) electrons. The van der Waals surface area contributed by atoms with Crippen LogP contribution in [0.4, 0.5) is 0 Å². The van der Waals surface area contributed by atoms with Crippen LogP contribution in [-0.2, 0) is 14.3 Å². The third kappa shape index (κ3) is 6.86. The van der Waals surface area contributed by atoms with Crippen molar-refractivity contribution in [3.05, 3.63) is 0 Å². The van der Waals surface area contributed by atoms with Gasteiger partial charge in [0, 0.05) is 20.1 Å². The van der Waals surface area contributed by atoms with Crippen LogP contribution in [0, 0.1) is 0 Å². The molecule has 0 bridgehead atoms. The summed E-state index contributed by atoms with van der Waals surface area (Å²) in [7, 11) is 3.46. The predicted molar refractivity (Wildman–Crippen MR) is 55.2 cm³/mol. The van der Waals surface area contributed by atoms with Crippen molar-refractivity contribution in [1.82, 2.24) is 5.32 Å². The average Bonchev–Trinajstić information content (AvgIpc) is 2.14. The van der Waals surface area contributed by atoms with Crippen LogP contribution in [0.1, 0.15) is 26.7 Å². The molecule has 0 aromatic carbocycles. The molecule has 0 aliphatic rings. The maximum Gasteiger partial charge on any atom is 0.307 e. The molecule has 0 saturated carbocycles. The maximum atomic E-state index is 11.1. The third-order valence-electron chi connectivity index (χ3n) is 2.10. The van der Waals surface area contributed by atoms with Gasteiger partial charge >= 0.3 is 5.97 Å². The van der Waals surface area contributed by atoms with Crippen molar-refractivity contribution in [3.8, 4) is 0 Å². The minimum atomic E-state index is -0.219. The van der Waals surface area contributed by atoms with E-state index >= 15 is 0 Å². The Kier molecular flexibility index (Phi) is 6.49. The topological polar surface area (TPSA) is 47.6 Å². The van der Waals surface area contributed by atoms with E-state index in [4.69, 9.17) is 9.47 Å². The Morgan fingerprint density at radius 1 is 1.43 bits per heavy atom. The third-order valence-corrected chi connectivity index (χ3v) is 2.10. The molecule has 84 valence electrons. The Morgan fingerprint density at radius 2 is 2.07 bits per heavy atom. The van der Waals surface area contributed by atoms with Gasteiger partial charge in [-0.1, -0.05) is 0 Å². The maximum absolute atomic E-state index is 11.1. The summed E-state index contributed by atoms with van der Waals surface area (Å²) in [6.45, 7) is 5.01. The number of carbonyl (C=O) groups is 1. The number of ether oxygens (including phenoxy) is 2. The highest BCUT2D eigenvalue weighted by Crippen LogP contribution is 2.12. The van der Waals surface area contributed by atoms with E-state index in [1.54, 1.807) is 14.2 Å². The number of rotatable bonds is 7. The van der Waals surface area contributed by atoms with Gasteiger partial charge in [-0.2, -0.15) is 0 Å². The number of hydrogen-bond donors (Lipinski definition) is 1. The fourth-order valence-corrected chi connectivity index (χ4v) is 0.812. The van der Waals surface area contributed by atoms with Gasteiger partial charge in [0.2, 0.25) is 0 Å². The smallest absolute Gasteiger partial charge is 0.307 e. The van der Waals surface area contributed by atoms with E-state index in [1.807, 2.05) is 13.8 Å². The standard InChI is InChI=1S/C10H21NO3/c1-10(2,13-4)6-8-14-9(12)5-7-11-3/h11H,5-8H2,1-4H3. The molecule has 4 heteroatoms. The number of nitrogens with one attached hydrogen (secondary N) is 1. The van der Waals surface area contributed by atoms with Crippen molar-refractivity contribution in [1.29, 1.82) is 0 Å². The number of hydrogen-bond acceptors (Lipinski definition) is 4. The quantitative estimate of drug-likeness (QED) is 0.626. The second-order valence-electron chi connectivity index (χ2n) is 3.79. The molecule has 0 aliphatic heterocycles. The Bertz CT molecular complexity index is 169. The van der Waals surface area contributed by atoms with Gasteiger partial charge in [0.1, 0.15) is 0 Å². The van der Waals surface area contributed by atoms with Crippen LogP contribution in [-0.4, -0.2) is 38.9 Å². The van der Waals surface area contributed by atoms with Crippen LogP contribution in [0.3, 0.4) is 0 Å². The highest BCUT2D eigenvalue weighted by molar-refractivity contribution is 5.69. The zero-order chi connectivity index (χ0) is 11.0. The van der Waals surface area contributed by atoms with E-state index < -0.39 is 0 Å². The highest BCUT2D eigenvalue weighted by Gasteiger charge is 2.16. The fraction of sp³-hybridized carbons (Fsp3) is 0.900. The zero-order valence-corrected chi connectivity index (χ0v) is 9.55. The predicted octanol–water partition coefficient (Wildman–Crippen LogP) is 0.954. The second-order valence-corrected chi connectivity index (χ2v) is 3.79. The molecule has 14 heavy (non-hydrogen) atoms. The largest absolute Gasteiger partial charge is 0.466 e. The number of carbonyl (C=O) groups excluding carboxylic acids is 1. The van der Waals surface area contributed by atoms with E-state index in [2.05, 4.69) is 5.32 Å². The molecule has 1 N–H and O–H groups in total. The van der Waals surface area contributed by atoms with E-state index in [1.165, 1.54) is 0 Å². The van der Waals surface area contributed by atoms with Gasteiger partial charge in [0.15, 0.2) is 0 Å². The van der Waals surface area contributed by atoms with E-state index in [0.29, 0.717) is 19.6 Å². The van der Waals surface area contributed by atoms with Crippen LogP contribution in [0.2, 0.25) is 0 Å². The summed E-state index contributed by atoms with van der Waals surface area (Å²) in [5, 5.41) is 2.89. The van der Waals surface area contributed by atoms with Crippen LogP contribution in [0.25, 0.3) is 0 Å². The SMILES string of the molecule is CNCCC(=O)OCCC(C)(C)OC. The summed E-state index contributed by atoms with van der Waals surface area (Å²) in [4.78, 5) is 11.1. The fourth-order valence-electron chi connectivity index (χ4n) is 0.812. The van der Waals surface area contributed by atoms with Gasteiger partial charge in [-0.05, 0) is 20.9 Å². The lowest BCUT2D eigenvalue weighted by molar-refractivity contribution is -0.145. The van der Waals surface area contributed by atoms with Crippen molar-refractivity contribution in [2.45, 2.75) is 32.3 Å². The normalized spacial score (nSPS) is 11.4. The van der Waals surface area contributed by atoms with Gasteiger partial charge in [-0.3, -0.25) is 4.79 Å². The van der Waals surface area contributed by atoms with Gasteiger partial charge in [0.05, 0.1) is 18.6 Å². The Balaban J connectivity index is 3.49. The molecule has 0 aliphatic carbocycles. The summed E-state index contributed by atoms with van der Waals surface area (Å²) in [5.41, 5.74) is -0.219. The lowest BCUT2D eigenvalue weighted by atomic mass is 10.1. The first-order valence-corrected chi connectivity index (χ1v) is 4.87. The van der Waals surface area contributed by atoms with E-state index in [9.17, 15) is 4.79 Å². The monoisotopic (exact) mass is 203 g/mol. The van der Waals surface area contributed by atoms with E-state index in [-0.39, 0.29) is 11.6 Å². The molecule has 0 fully saturated rings. The second kappa shape index (κ2) is 6.79. The van der Waals surface area contributed by atoms with Gasteiger partial charge in [-0.15, -0.1) is 0 Å². The van der Waals surface area contributed by atoms with Crippen molar-refractivity contribution in [2.24, 2.45) is 0 Å². The lowest BCUT2D eigenvalue weighted by Crippen LogP contribution is -2.25. The number of methoxy groups -OCH3 is 1. The summed E-state index contributed by atoms with van der Waals surface area (Å²) in [5.74, 6) is -0.161.